The first-order valence-corrected chi connectivity index (χ1v) is 13.2. The molecule has 0 unspecified atom stereocenters. The number of benzene rings is 2. The van der Waals surface area contributed by atoms with Gasteiger partial charge in [0.05, 0.1) is 10.2 Å². The minimum Gasteiger partial charge on any atom is -0.361 e. The Bertz CT molecular complexity index is 1430. The Hall–Kier alpha value is -3.94. The van der Waals surface area contributed by atoms with Crippen molar-refractivity contribution in [1.82, 2.24) is 26.0 Å². The first kappa shape index (κ1) is 34.5. The maximum Gasteiger partial charge on any atom is 0.458 e. The second-order valence-electron chi connectivity index (χ2n) is 8.98. The first-order chi connectivity index (χ1) is 20.7. The van der Waals surface area contributed by atoms with E-state index in [9.17, 15) is 45.5 Å². The number of rotatable bonds is 8. The number of Topliss-reactive ketones (excluding diaryl/α,β-unsaturated/α-hetero) is 2. The molecule has 4 N–H and O–H groups in total. The molecule has 1 fully saturated rings. The molecule has 1 aliphatic rings. The highest BCUT2D eigenvalue weighted by Crippen LogP contribution is 2.25. The van der Waals surface area contributed by atoms with Crippen LogP contribution in [0.1, 0.15) is 16.8 Å². The third-order valence-corrected chi connectivity index (χ3v) is 6.39. The Morgan fingerprint density at radius 3 is 2.11 bits per heavy atom. The number of hydrogen-bond donors (Lipinski definition) is 4. The van der Waals surface area contributed by atoms with Crippen molar-refractivity contribution in [2.45, 2.75) is 25.4 Å². The molecule has 2 heterocycles. The fourth-order valence-electron chi connectivity index (χ4n) is 3.61. The number of anilines is 1. The molecular formula is C25H23BrF7N7O4. The van der Waals surface area contributed by atoms with Gasteiger partial charge in [-0.1, -0.05) is 24.3 Å². The van der Waals surface area contributed by atoms with E-state index < -0.39 is 29.7 Å². The number of ketones is 2. The number of alkyl halides is 6. The minimum absolute atomic E-state index is 0.0126. The summed E-state index contributed by atoms with van der Waals surface area (Å²) in [5.41, 5.74) is 4.93. The highest BCUT2D eigenvalue weighted by molar-refractivity contribution is 9.10. The molecular weight excluding hydrogens is 675 g/mol. The average Bonchev–Trinajstić information content (AvgIpc) is 3.45. The standard InChI is InChI=1S/C21H23BrFN7O2.C4F6O2/c22-17-11-16(5-6-18(17)23)26-21(27-31)19-20(29-32-28-19)25-12-14-1-3-15(4-2-14)13-30-9-7-24-8-10-30;5-3(6,7)1(11)2(12)4(8,9)10/h1-6,11,24,31H,7-10,12-13H2,(H,25,29)(H,26,27);. The van der Waals surface area contributed by atoms with Crippen molar-refractivity contribution in [3.63, 3.8) is 0 Å². The van der Waals surface area contributed by atoms with Gasteiger partial charge in [0.1, 0.15) is 5.82 Å². The van der Waals surface area contributed by atoms with Crippen LogP contribution in [0.4, 0.5) is 42.2 Å². The fourth-order valence-corrected chi connectivity index (χ4v) is 3.97. The van der Waals surface area contributed by atoms with Gasteiger partial charge in [-0.05, 0) is 55.6 Å². The summed E-state index contributed by atoms with van der Waals surface area (Å²) in [4.78, 5) is 25.9. The molecule has 0 atom stereocenters. The van der Waals surface area contributed by atoms with Gasteiger partial charge in [0.15, 0.2) is 11.5 Å². The Morgan fingerprint density at radius 1 is 0.977 bits per heavy atom. The molecule has 3 aromatic rings. The number of aromatic nitrogens is 2. The quantitative estimate of drug-likeness (QED) is 0.0885. The van der Waals surface area contributed by atoms with Gasteiger partial charge in [-0.3, -0.25) is 25.2 Å². The van der Waals surface area contributed by atoms with Gasteiger partial charge >= 0.3 is 23.9 Å². The summed E-state index contributed by atoms with van der Waals surface area (Å²) in [6.07, 6.45) is -11.5. The molecule has 0 saturated carbocycles. The Labute approximate surface area is 252 Å². The van der Waals surface area contributed by atoms with Gasteiger partial charge in [-0.15, -0.1) is 0 Å². The minimum atomic E-state index is -5.77. The summed E-state index contributed by atoms with van der Waals surface area (Å²) in [6.45, 7) is 5.60. The number of carbonyl (C=O) groups is 2. The Kier molecular flexibility index (Phi) is 11.9. The molecule has 0 bridgehead atoms. The van der Waals surface area contributed by atoms with Crippen LogP contribution < -0.4 is 16.1 Å². The lowest BCUT2D eigenvalue weighted by Crippen LogP contribution is -2.42. The number of carbonyl (C=O) groups excluding carboxylic acids is 2. The van der Waals surface area contributed by atoms with Gasteiger partial charge in [0.2, 0.25) is 5.82 Å². The highest BCUT2D eigenvalue weighted by Gasteiger charge is 2.54. The van der Waals surface area contributed by atoms with E-state index in [-0.39, 0.29) is 16.0 Å². The predicted molar refractivity (Wildman–Crippen MR) is 144 cm³/mol. The number of amidine groups is 1. The molecule has 0 aliphatic carbocycles. The number of nitrogens with one attached hydrogen (secondary N) is 3. The average molecular weight is 698 g/mol. The summed E-state index contributed by atoms with van der Waals surface area (Å²) in [5.74, 6) is -6.90. The van der Waals surface area contributed by atoms with Gasteiger partial charge in [-0.2, -0.15) is 26.3 Å². The summed E-state index contributed by atoms with van der Waals surface area (Å²) in [5, 5.41) is 23.7. The number of aliphatic imine (C=N–C) groups is 1. The highest BCUT2D eigenvalue weighted by atomic mass is 79.9. The first-order valence-electron chi connectivity index (χ1n) is 12.4. The molecule has 1 aliphatic heterocycles. The molecule has 0 radical (unpaired) electrons. The lowest BCUT2D eigenvalue weighted by molar-refractivity contribution is -0.193. The molecule has 4 rings (SSSR count). The van der Waals surface area contributed by atoms with E-state index in [0.717, 1.165) is 38.3 Å². The second kappa shape index (κ2) is 15.2. The maximum atomic E-state index is 13.4. The molecule has 44 heavy (non-hydrogen) atoms. The van der Waals surface area contributed by atoms with E-state index in [1.54, 1.807) is 0 Å². The van der Waals surface area contributed by atoms with E-state index in [1.165, 1.54) is 23.8 Å². The van der Waals surface area contributed by atoms with E-state index in [0.29, 0.717) is 18.1 Å². The monoisotopic (exact) mass is 697 g/mol. The normalized spacial score (nSPS) is 14.4. The van der Waals surface area contributed by atoms with Crippen molar-refractivity contribution in [3.05, 3.63) is 69.6 Å². The molecule has 0 spiro atoms. The third-order valence-electron chi connectivity index (χ3n) is 5.78. The maximum absolute atomic E-state index is 13.4. The van der Waals surface area contributed by atoms with Crippen LogP contribution in [-0.4, -0.2) is 76.4 Å². The molecule has 1 aromatic heterocycles. The van der Waals surface area contributed by atoms with Crippen LogP contribution in [0.3, 0.4) is 0 Å². The number of halogens is 8. The second-order valence-corrected chi connectivity index (χ2v) is 9.84. The zero-order valence-electron chi connectivity index (χ0n) is 22.3. The molecule has 11 nitrogen and oxygen atoms in total. The van der Waals surface area contributed by atoms with Gasteiger partial charge in [0, 0.05) is 39.3 Å². The van der Waals surface area contributed by atoms with Crippen LogP contribution in [0.15, 0.2) is 56.6 Å². The third kappa shape index (κ3) is 10.1. The van der Waals surface area contributed by atoms with Crippen LogP contribution in [-0.2, 0) is 22.7 Å². The summed E-state index contributed by atoms with van der Waals surface area (Å²) < 4.78 is 85.5. The number of nitrogens with zero attached hydrogens (tertiary/aromatic N) is 4. The van der Waals surface area contributed by atoms with Crippen molar-refractivity contribution >= 4 is 44.8 Å². The number of piperazine rings is 1. The zero-order chi connectivity index (χ0) is 32.5. The Balaban J connectivity index is 0.000000375. The van der Waals surface area contributed by atoms with Crippen molar-refractivity contribution in [3.8, 4) is 0 Å². The van der Waals surface area contributed by atoms with E-state index in [4.69, 9.17) is 4.63 Å². The summed E-state index contributed by atoms with van der Waals surface area (Å²) >= 11 is 3.11. The van der Waals surface area contributed by atoms with Crippen molar-refractivity contribution in [1.29, 1.82) is 0 Å². The Morgan fingerprint density at radius 2 is 1.57 bits per heavy atom. The van der Waals surface area contributed by atoms with Crippen LogP contribution in [0, 0.1) is 5.82 Å². The van der Waals surface area contributed by atoms with Gasteiger partial charge in [0.25, 0.3) is 0 Å². The molecule has 238 valence electrons. The molecule has 0 amide bonds. The van der Waals surface area contributed by atoms with Crippen molar-refractivity contribution in [2.24, 2.45) is 4.99 Å². The van der Waals surface area contributed by atoms with Crippen LogP contribution in [0.25, 0.3) is 0 Å². The van der Waals surface area contributed by atoms with E-state index >= 15 is 0 Å². The number of hydroxylamine groups is 1. The molecule has 19 heteroatoms. The van der Waals surface area contributed by atoms with Crippen LogP contribution in [0.5, 0.6) is 0 Å². The van der Waals surface area contributed by atoms with E-state index in [1.807, 2.05) is 5.48 Å². The lowest BCUT2D eigenvalue weighted by Gasteiger charge is -2.27. The largest absolute Gasteiger partial charge is 0.458 e. The molecule has 2 aromatic carbocycles. The van der Waals surface area contributed by atoms with Crippen LogP contribution in [0.2, 0.25) is 0 Å². The van der Waals surface area contributed by atoms with Gasteiger partial charge < -0.3 is 10.6 Å². The van der Waals surface area contributed by atoms with Gasteiger partial charge in [-0.25, -0.2) is 14.0 Å². The van der Waals surface area contributed by atoms with Crippen molar-refractivity contribution in [2.75, 3.05) is 31.5 Å². The molecule has 1 saturated heterocycles. The smallest absolute Gasteiger partial charge is 0.361 e. The van der Waals surface area contributed by atoms with Crippen molar-refractivity contribution < 1.29 is 50.2 Å². The number of hydrogen-bond acceptors (Lipinski definition) is 10. The SMILES string of the molecule is O=C(C(=O)C(F)(F)F)C(F)(F)F.ONC(=Nc1ccc(F)c(Br)c1)c1nonc1NCc1ccc(CN2CCNCC2)cc1. The lowest BCUT2D eigenvalue weighted by atomic mass is 10.1. The van der Waals surface area contributed by atoms with Crippen LogP contribution >= 0.6 is 15.9 Å². The van der Waals surface area contributed by atoms with E-state index in [2.05, 4.69) is 71.0 Å². The summed E-state index contributed by atoms with van der Waals surface area (Å²) in [7, 11) is 0. The zero-order valence-corrected chi connectivity index (χ0v) is 23.9. The predicted octanol–water partition coefficient (Wildman–Crippen LogP) is 4.29. The fraction of sp³-hybridized carbons (Fsp3) is 0.320. The topological polar surface area (TPSA) is 145 Å². The summed E-state index contributed by atoms with van der Waals surface area (Å²) in [6, 6.07) is 12.6.